The van der Waals surface area contributed by atoms with Gasteiger partial charge in [-0.25, -0.2) is 13.1 Å². The van der Waals surface area contributed by atoms with Crippen LogP contribution in [0.25, 0.3) is 0 Å². The minimum atomic E-state index is -3.51. The summed E-state index contributed by atoms with van der Waals surface area (Å²) in [6.45, 7) is 0.896. The molecule has 6 heteroatoms. The van der Waals surface area contributed by atoms with Gasteiger partial charge < -0.3 is 5.32 Å². The SMILES string of the molecule is CNCc1cccc(S(=O)(=O)NCc2cccc(Br)c2)c1. The number of hydrogen-bond acceptors (Lipinski definition) is 3. The van der Waals surface area contributed by atoms with Gasteiger partial charge in [0.1, 0.15) is 0 Å². The van der Waals surface area contributed by atoms with Crippen LogP contribution < -0.4 is 10.0 Å². The average Bonchev–Trinajstić information content (AvgIpc) is 2.46. The fourth-order valence-electron chi connectivity index (χ4n) is 1.94. The Kier molecular flexibility index (Phi) is 5.52. The first-order valence-electron chi connectivity index (χ1n) is 6.49. The Balaban J connectivity index is 2.13. The van der Waals surface area contributed by atoms with Crippen molar-refractivity contribution in [2.45, 2.75) is 18.0 Å². The molecule has 0 heterocycles. The lowest BCUT2D eigenvalue weighted by molar-refractivity contribution is 0.581. The molecule has 2 aromatic carbocycles. The third-order valence-corrected chi connectivity index (χ3v) is 4.84. The highest BCUT2D eigenvalue weighted by Gasteiger charge is 2.14. The van der Waals surface area contributed by atoms with E-state index >= 15 is 0 Å². The third kappa shape index (κ3) is 4.64. The molecule has 0 saturated carbocycles. The van der Waals surface area contributed by atoms with Crippen molar-refractivity contribution in [1.29, 1.82) is 0 Å². The van der Waals surface area contributed by atoms with Crippen molar-refractivity contribution in [3.8, 4) is 0 Å². The van der Waals surface area contributed by atoms with Gasteiger partial charge in [0, 0.05) is 17.6 Å². The Hall–Kier alpha value is -1.21. The van der Waals surface area contributed by atoms with Crippen LogP contribution in [0.5, 0.6) is 0 Å². The van der Waals surface area contributed by atoms with E-state index in [1.54, 1.807) is 18.2 Å². The highest BCUT2D eigenvalue weighted by atomic mass is 79.9. The summed E-state index contributed by atoms with van der Waals surface area (Å²) in [4.78, 5) is 0.283. The fraction of sp³-hybridized carbons (Fsp3) is 0.200. The quantitative estimate of drug-likeness (QED) is 0.823. The molecule has 2 N–H and O–H groups in total. The Labute approximate surface area is 133 Å². The van der Waals surface area contributed by atoms with Crippen molar-refractivity contribution in [2.75, 3.05) is 7.05 Å². The van der Waals surface area contributed by atoms with Crippen molar-refractivity contribution in [2.24, 2.45) is 0 Å². The largest absolute Gasteiger partial charge is 0.316 e. The number of hydrogen-bond donors (Lipinski definition) is 2. The molecule has 0 bridgehead atoms. The lowest BCUT2D eigenvalue weighted by atomic mass is 10.2. The second-order valence-corrected chi connectivity index (χ2v) is 7.31. The smallest absolute Gasteiger partial charge is 0.240 e. The first-order valence-corrected chi connectivity index (χ1v) is 8.76. The molecule has 4 nitrogen and oxygen atoms in total. The highest BCUT2D eigenvalue weighted by molar-refractivity contribution is 9.10. The molecule has 0 spiro atoms. The zero-order valence-corrected chi connectivity index (χ0v) is 14.0. The fourth-order valence-corrected chi connectivity index (χ4v) is 3.47. The van der Waals surface area contributed by atoms with Crippen molar-refractivity contribution in [3.05, 3.63) is 64.1 Å². The van der Waals surface area contributed by atoms with Crippen LogP contribution >= 0.6 is 15.9 Å². The number of benzene rings is 2. The maximum Gasteiger partial charge on any atom is 0.240 e. The molecule has 0 radical (unpaired) electrons. The van der Waals surface area contributed by atoms with Crippen LogP contribution in [0.4, 0.5) is 0 Å². The van der Waals surface area contributed by atoms with E-state index in [4.69, 9.17) is 0 Å². The molecule has 0 fully saturated rings. The molecule has 0 unspecified atom stereocenters. The molecule has 2 rings (SSSR count). The van der Waals surface area contributed by atoms with Gasteiger partial charge in [-0.3, -0.25) is 0 Å². The number of rotatable bonds is 6. The second kappa shape index (κ2) is 7.17. The first-order chi connectivity index (χ1) is 10.0. The summed E-state index contributed by atoms with van der Waals surface area (Å²) in [5.74, 6) is 0. The van der Waals surface area contributed by atoms with Gasteiger partial charge in [0.05, 0.1) is 4.90 Å². The monoisotopic (exact) mass is 368 g/mol. The molecular weight excluding hydrogens is 352 g/mol. The molecule has 0 amide bonds. The van der Waals surface area contributed by atoms with Crippen molar-refractivity contribution >= 4 is 26.0 Å². The van der Waals surface area contributed by atoms with E-state index in [9.17, 15) is 8.42 Å². The van der Waals surface area contributed by atoms with Crippen LogP contribution in [0.1, 0.15) is 11.1 Å². The Morgan fingerprint density at radius 1 is 1.00 bits per heavy atom. The minimum absolute atomic E-state index is 0.262. The number of sulfonamides is 1. The number of halogens is 1. The average molecular weight is 369 g/mol. The van der Waals surface area contributed by atoms with Crippen molar-refractivity contribution < 1.29 is 8.42 Å². The summed E-state index contributed by atoms with van der Waals surface area (Å²) in [5, 5.41) is 3.01. The van der Waals surface area contributed by atoms with E-state index in [1.165, 1.54) is 0 Å². The summed E-state index contributed by atoms with van der Waals surface area (Å²) in [5.41, 5.74) is 1.84. The third-order valence-electron chi connectivity index (χ3n) is 2.94. The zero-order valence-electron chi connectivity index (χ0n) is 11.6. The molecule has 0 aliphatic carbocycles. The van der Waals surface area contributed by atoms with Gasteiger partial charge in [-0.15, -0.1) is 0 Å². The Morgan fingerprint density at radius 3 is 2.33 bits per heavy atom. The van der Waals surface area contributed by atoms with Gasteiger partial charge in [-0.05, 0) is 42.4 Å². The zero-order chi connectivity index (χ0) is 15.3. The van der Waals surface area contributed by atoms with Crippen LogP contribution in [0.3, 0.4) is 0 Å². The summed E-state index contributed by atoms with van der Waals surface area (Å²) in [6, 6.07) is 14.5. The van der Waals surface area contributed by atoms with Gasteiger partial charge in [0.25, 0.3) is 0 Å². The topological polar surface area (TPSA) is 58.2 Å². The second-order valence-electron chi connectivity index (χ2n) is 4.63. The molecule has 112 valence electrons. The summed E-state index contributed by atoms with van der Waals surface area (Å²) in [6.07, 6.45) is 0. The Bertz CT molecular complexity index is 717. The predicted molar refractivity (Wildman–Crippen MR) is 87.4 cm³/mol. The molecule has 0 saturated heterocycles. The van der Waals surface area contributed by atoms with E-state index < -0.39 is 10.0 Å². The van der Waals surface area contributed by atoms with Crippen LogP contribution in [0.2, 0.25) is 0 Å². The first kappa shape index (κ1) is 16.2. The number of nitrogens with one attached hydrogen (secondary N) is 2. The maximum absolute atomic E-state index is 12.3. The molecular formula is C15H17BrN2O2S. The van der Waals surface area contributed by atoms with Crippen LogP contribution in [-0.4, -0.2) is 15.5 Å². The lowest BCUT2D eigenvalue weighted by Gasteiger charge is -2.09. The van der Waals surface area contributed by atoms with Gasteiger partial charge in [0.15, 0.2) is 0 Å². The van der Waals surface area contributed by atoms with E-state index in [2.05, 4.69) is 26.0 Å². The van der Waals surface area contributed by atoms with E-state index in [0.29, 0.717) is 6.54 Å². The predicted octanol–water partition coefficient (Wildman–Crippen LogP) is 2.65. The summed E-state index contributed by atoms with van der Waals surface area (Å²) >= 11 is 3.37. The van der Waals surface area contributed by atoms with Gasteiger partial charge in [-0.2, -0.15) is 0 Å². The van der Waals surface area contributed by atoms with Gasteiger partial charge >= 0.3 is 0 Å². The van der Waals surface area contributed by atoms with Crippen LogP contribution in [0.15, 0.2) is 57.9 Å². The molecule has 0 atom stereocenters. The van der Waals surface area contributed by atoms with Crippen LogP contribution in [0, 0.1) is 0 Å². The van der Waals surface area contributed by atoms with Crippen molar-refractivity contribution in [1.82, 2.24) is 10.0 Å². The summed E-state index contributed by atoms with van der Waals surface area (Å²) < 4.78 is 28.2. The Morgan fingerprint density at radius 2 is 1.67 bits per heavy atom. The molecule has 2 aromatic rings. The molecule has 0 aliphatic rings. The van der Waals surface area contributed by atoms with Gasteiger partial charge in [-0.1, -0.05) is 40.2 Å². The lowest BCUT2D eigenvalue weighted by Crippen LogP contribution is -2.23. The van der Waals surface area contributed by atoms with Gasteiger partial charge in [0.2, 0.25) is 10.0 Å². The molecule has 0 aliphatic heterocycles. The normalized spacial score (nSPS) is 11.5. The van der Waals surface area contributed by atoms with E-state index in [1.807, 2.05) is 37.4 Å². The van der Waals surface area contributed by atoms with E-state index in [-0.39, 0.29) is 11.4 Å². The standard InChI is InChI=1S/C15H17BrN2O2S/c1-17-10-13-5-3-7-15(9-13)21(19,20)18-11-12-4-2-6-14(16)8-12/h2-9,17-18H,10-11H2,1H3. The molecule has 21 heavy (non-hydrogen) atoms. The van der Waals surface area contributed by atoms with E-state index in [0.717, 1.165) is 15.6 Å². The van der Waals surface area contributed by atoms with Crippen molar-refractivity contribution in [3.63, 3.8) is 0 Å². The highest BCUT2D eigenvalue weighted by Crippen LogP contribution is 2.14. The maximum atomic E-state index is 12.3. The minimum Gasteiger partial charge on any atom is -0.316 e. The summed E-state index contributed by atoms with van der Waals surface area (Å²) in [7, 11) is -1.68. The van der Waals surface area contributed by atoms with Crippen LogP contribution in [-0.2, 0) is 23.1 Å². The molecule has 0 aromatic heterocycles.